The quantitative estimate of drug-likeness (QED) is 0.403. The van der Waals surface area contributed by atoms with Gasteiger partial charge in [0.15, 0.2) is 0 Å². The Morgan fingerprint density at radius 3 is 2.83 bits per heavy atom. The largest absolute Gasteiger partial charge is 2.00 e. The van der Waals surface area contributed by atoms with Crippen LogP contribution in [0.15, 0.2) is 18.2 Å². The second-order valence-electron chi connectivity index (χ2n) is 2.13. The molecule has 3 heteroatoms. The number of fused-ring (bicyclic) bond motifs is 1. The van der Waals surface area contributed by atoms with Gasteiger partial charge in [0, 0.05) is 5.75 Å². The third kappa shape index (κ3) is 2.96. The van der Waals surface area contributed by atoms with Crippen molar-refractivity contribution in [1.29, 1.82) is 0 Å². The molecule has 1 nitrogen and oxygen atoms in total. The van der Waals surface area contributed by atoms with Crippen LogP contribution in [0, 0.1) is 6.07 Å². The van der Waals surface area contributed by atoms with Crippen LogP contribution in [-0.4, -0.2) is 29.7 Å². The molecule has 1 aliphatic rings. The van der Waals surface area contributed by atoms with Gasteiger partial charge in [-0.3, -0.25) is 0 Å². The van der Waals surface area contributed by atoms with Crippen molar-refractivity contribution in [1.82, 2.24) is 0 Å². The molecule has 0 amide bonds. The van der Waals surface area contributed by atoms with E-state index in [9.17, 15) is 0 Å². The molecule has 1 aromatic rings. The average molecular weight is 239 g/mol. The standard InChI is InChI=1S/C8H7O.CH4.BrH.Mg/c1-2-4-8-7(3-1)5-6-9-8;;;/h1,3-4H,5-6H2;1H4;1H;/q-1;;;+2/p-1. The average Bonchev–Trinajstić information content (AvgIpc) is 2.33. The summed E-state index contributed by atoms with van der Waals surface area (Å²) in [6, 6.07) is 8.84. The van der Waals surface area contributed by atoms with Crippen LogP contribution in [-0.2, 0) is 6.42 Å². The van der Waals surface area contributed by atoms with Gasteiger partial charge < -0.3 is 21.7 Å². The smallest absolute Gasteiger partial charge is 1.00 e. The van der Waals surface area contributed by atoms with Crippen LogP contribution >= 0.6 is 0 Å². The summed E-state index contributed by atoms with van der Waals surface area (Å²) < 4.78 is 5.27. The molecule has 0 bridgehead atoms. The van der Waals surface area contributed by atoms with E-state index in [1.165, 1.54) is 5.56 Å². The van der Waals surface area contributed by atoms with Gasteiger partial charge in [0.1, 0.15) is 0 Å². The fourth-order valence-electron chi connectivity index (χ4n) is 1.06. The van der Waals surface area contributed by atoms with E-state index in [2.05, 4.69) is 12.1 Å². The first-order chi connectivity index (χ1) is 4.47. The number of ether oxygens (including phenoxy) is 1. The molecule has 0 atom stereocenters. The van der Waals surface area contributed by atoms with Crippen molar-refractivity contribution in [2.75, 3.05) is 6.61 Å². The first-order valence-electron chi connectivity index (χ1n) is 3.08. The third-order valence-corrected chi connectivity index (χ3v) is 1.54. The maximum absolute atomic E-state index is 5.27. The van der Waals surface area contributed by atoms with Crippen molar-refractivity contribution in [3.05, 3.63) is 29.8 Å². The first-order valence-corrected chi connectivity index (χ1v) is 3.08. The molecule has 0 fully saturated rings. The molecule has 0 aromatic heterocycles. The van der Waals surface area contributed by atoms with E-state index in [4.69, 9.17) is 4.74 Å². The Bertz CT molecular complexity index is 205. The fourth-order valence-corrected chi connectivity index (χ4v) is 1.06. The zero-order chi connectivity index (χ0) is 6.10. The van der Waals surface area contributed by atoms with E-state index >= 15 is 0 Å². The summed E-state index contributed by atoms with van der Waals surface area (Å²) in [5.41, 5.74) is 1.31. The minimum atomic E-state index is 0. The Hall–Kier alpha value is 0.266. The summed E-state index contributed by atoms with van der Waals surface area (Å²) >= 11 is 0. The van der Waals surface area contributed by atoms with Gasteiger partial charge in [-0.25, -0.2) is 0 Å². The molecule has 0 saturated heterocycles. The molecule has 62 valence electrons. The van der Waals surface area contributed by atoms with Crippen molar-refractivity contribution in [3.63, 3.8) is 0 Å². The second-order valence-corrected chi connectivity index (χ2v) is 2.13. The van der Waals surface area contributed by atoms with Gasteiger partial charge in [-0.15, -0.1) is 11.6 Å². The van der Waals surface area contributed by atoms with Gasteiger partial charge in [-0.2, -0.15) is 18.2 Å². The molecule has 0 radical (unpaired) electrons. The molecule has 0 unspecified atom stereocenters. The zero-order valence-corrected chi connectivity index (χ0v) is 9.14. The number of hydrogen-bond donors (Lipinski definition) is 0. The van der Waals surface area contributed by atoms with Gasteiger partial charge in [-0.1, -0.05) is 7.43 Å². The molecule has 0 N–H and O–H groups in total. The second kappa shape index (κ2) is 6.75. The summed E-state index contributed by atoms with van der Waals surface area (Å²) in [7, 11) is 0. The third-order valence-electron chi connectivity index (χ3n) is 1.54. The Morgan fingerprint density at radius 1 is 1.42 bits per heavy atom. The van der Waals surface area contributed by atoms with E-state index in [0.717, 1.165) is 18.8 Å². The van der Waals surface area contributed by atoms with Crippen LogP contribution in [0.5, 0.6) is 5.75 Å². The van der Waals surface area contributed by atoms with Gasteiger partial charge in [0.25, 0.3) is 0 Å². The summed E-state index contributed by atoms with van der Waals surface area (Å²) in [6.45, 7) is 0.840. The molecule has 0 aliphatic carbocycles. The molecule has 1 heterocycles. The molecule has 1 aliphatic heterocycles. The van der Waals surface area contributed by atoms with Gasteiger partial charge in [0.2, 0.25) is 0 Å². The van der Waals surface area contributed by atoms with Crippen molar-refractivity contribution in [3.8, 4) is 5.75 Å². The topological polar surface area (TPSA) is 9.23 Å². The van der Waals surface area contributed by atoms with Crippen LogP contribution in [0.25, 0.3) is 0 Å². The molecular formula is C9H11BrMgO. The Labute approximate surface area is 100 Å². The normalized spacial score (nSPS) is 11.0. The summed E-state index contributed by atoms with van der Waals surface area (Å²) in [6.07, 6.45) is 1.06. The monoisotopic (exact) mass is 238 g/mol. The van der Waals surface area contributed by atoms with Crippen molar-refractivity contribution in [2.45, 2.75) is 13.8 Å². The molecule has 2 rings (SSSR count). The Balaban J connectivity index is 0. The molecular weight excluding hydrogens is 228 g/mol. The predicted molar refractivity (Wildman–Crippen MR) is 47.0 cm³/mol. The molecule has 0 spiro atoms. The number of benzene rings is 1. The summed E-state index contributed by atoms with van der Waals surface area (Å²) in [5.74, 6) is 1.01. The van der Waals surface area contributed by atoms with Crippen LogP contribution < -0.4 is 21.7 Å². The maximum Gasteiger partial charge on any atom is 2.00 e. The summed E-state index contributed by atoms with van der Waals surface area (Å²) in [4.78, 5) is 0. The minimum Gasteiger partial charge on any atom is -1.00 e. The molecule has 12 heavy (non-hydrogen) atoms. The van der Waals surface area contributed by atoms with E-state index in [1.54, 1.807) is 0 Å². The van der Waals surface area contributed by atoms with E-state index < -0.39 is 0 Å². The molecule has 1 aromatic carbocycles. The predicted octanol–water partition coefficient (Wildman–Crippen LogP) is -1.32. The zero-order valence-electron chi connectivity index (χ0n) is 6.14. The first kappa shape index (κ1) is 14.8. The SMILES string of the molecule is C.[Br-].[Mg+2].[c-]1ccc2c(c1)OCC2. The maximum atomic E-state index is 5.27. The summed E-state index contributed by atoms with van der Waals surface area (Å²) in [5, 5.41) is 0. The van der Waals surface area contributed by atoms with Gasteiger partial charge in [-0.05, 0) is 6.42 Å². The van der Waals surface area contributed by atoms with Crippen LogP contribution in [0.2, 0.25) is 0 Å². The van der Waals surface area contributed by atoms with E-state index in [0.29, 0.717) is 0 Å². The number of hydrogen-bond acceptors (Lipinski definition) is 1. The van der Waals surface area contributed by atoms with Crippen LogP contribution in [0.3, 0.4) is 0 Å². The van der Waals surface area contributed by atoms with Gasteiger partial charge >= 0.3 is 23.1 Å². The molecule has 0 saturated carbocycles. The van der Waals surface area contributed by atoms with Gasteiger partial charge in [0.05, 0.1) is 6.61 Å². The Morgan fingerprint density at radius 2 is 2.17 bits per heavy atom. The van der Waals surface area contributed by atoms with Crippen LogP contribution in [0.1, 0.15) is 13.0 Å². The minimum absolute atomic E-state index is 0. The van der Waals surface area contributed by atoms with Crippen LogP contribution in [0.4, 0.5) is 0 Å². The van der Waals surface area contributed by atoms with Crippen molar-refractivity contribution >= 4 is 23.1 Å². The Kier molecular flexibility index (Phi) is 8.31. The number of rotatable bonds is 0. The van der Waals surface area contributed by atoms with Crippen molar-refractivity contribution < 1.29 is 21.7 Å². The fraction of sp³-hybridized carbons (Fsp3) is 0.333. The number of halogens is 1. The van der Waals surface area contributed by atoms with E-state index in [1.807, 2.05) is 12.1 Å². The van der Waals surface area contributed by atoms with E-state index in [-0.39, 0.29) is 47.5 Å². The van der Waals surface area contributed by atoms with Crippen molar-refractivity contribution in [2.24, 2.45) is 0 Å².